The number of ether oxygens (including phenoxy) is 1. The van der Waals surface area contributed by atoms with Gasteiger partial charge in [0.05, 0.1) is 11.6 Å². The topological polar surface area (TPSA) is 21.3 Å². The Bertz CT molecular complexity index is 461. The highest BCUT2D eigenvalue weighted by Crippen LogP contribution is 2.31. The average molecular weight is 247 g/mol. The van der Waals surface area contributed by atoms with E-state index in [4.69, 9.17) is 4.74 Å². The van der Waals surface area contributed by atoms with Crippen molar-refractivity contribution >= 4 is 16.3 Å². The molecule has 90 valence electrons. The standard InChI is InChI=1S/C14H17NOS/c1-3-10-16-12-6-4-11(5-7-12)13-8-9-14(15-2)17-13/h4-9,15H,3,10H2,1-2H3. The van der Waals surface area contributed by atoms with E-state index in [0.29, 0.717) is 0 Å². The molecule has 1 heterocycles. The van der Waals surface area contributed by atoms with Gasteiger partial charge in [-0.3, -0.25) is 0 Å². The second kappa shape index (κ2) is 5.73. The zero-order valence-electron chi connectivity index (χ0n) is 10.2. The van der Waals surface area contributed by atoms with Gasteiger partial charge in [-0.25, -0.2) is 0 Å². The van der Waals surface area contributed by atoms with E-state index in [1.54, 1.807) is 11.3 Å². The van der Waals surface area contributed by atoms with Gasteiger partial charge in [-0.15, -0.1) is 11.3 Å². The summed E-state index contributed by atoms with van der Waals surface area (Å²) in [6.45, 7) is 2.89. The first-order valence-electron chi connectivity index (χ1n) is 5.84. The van der Waals surface area contributed by atoms with Crippen molar-refractivity contribution in [3.05, 3.63) is 36.4 Å². The number of benzene rings is 1. The van der Waals surface area contributed by atoms with Gasteiger partial charge in [-0.1, -0.05) is 6.92 Å². The molecule has 0 fully saturated rings. The largest absolute Gasteiger partial charge is 0.494 e. The van der Waals surface area contributed by atoms with Gasteiger partial charge < -0.3 is 10.1 Å². The summed E-state index contributed by atoms with van der Waals surface area (Å²) in [6.07, 6.45) is 1.04. The molecule has 17 heavy (non-hydrogen) atoms. The van der Waals surface area contributed by atoms with Crippen LogP contribution in [0.5, 0.6) is 5.75 Å². The predicted octanol–water partition coefficient (Wildman–Crippen LogP) is 4.25. The molecule has 0 bridgehead atoms. The van der Waals surface area contributed by atoms with Gasteiger partial charge in [0.15, 0.2) is 0 Å². The van der Waals surface area contributed by atoms with E-state index >= 15 is 0 Å². The lowest BCUT2D eigenvalue weighted by atomic mass is 10.2. The highest BCUT2D eigenvalue weighted by Gasteiger charge is 2.02. The molecule has 0 radical (unpaired) electrons. The van der Waals surface area contributed by atoms with Gasteiger partial charge in [-0.05, 0) is 48.4 Å². The van der Waals surface area contributed by atoms with Gasteiger partial charge in [0.2, 0.25) is 0 Å². The molecule has 2 nitrogen and oxygen atoms in total. The molecule has 3 heteroatoms. The molecule has 2 rings (SSSR count). The molecule has 0 spiro atoms. The third-order valence-corrected chi connectivity index (χ3v) is 3.62. The molecule has 0 saturated carbocycles. The molecular formula is C14H17NOS. The lowest BCUT2D eigenvalue weighted by molar-refractivity contribution is 0.317. The molecule has 0 amide bonds. The third kappa shape index (κ3) is 3.01. The van der Waals surface area contributed by atoms with Crippen LogP contribution >= 0.6 is 11.3 Å². The van der Waals surface area contributed by atoms with E-state index in [1.807, 2.05) is 19.2 Å². The van der Waals surface area contributed by atoms with Crippen LogP contribution < -0.4 is 10.1 Å². The summed E-state index contributed by atoms with van der Waals surface area (Å²) in [7, 11) is 1.94. The van der Waals surface area contributed by atoms with Gasteiger partial charge in [0.1, 0.15) is 5.75 Å². The van der Waals surface area contributed by atoms with E-state index in [2.05, 4.69) is 36.5 Å². The van der Waals surface area contributed by atoms with E-state index in [1.165, 1.54) is 15.4 Å². The summed E-state index contributed by atoms with van der Waals surface area (Å²) in [6, 6.07) is 12.5. The average Bonchev–Trinajstić information content (AvgIpc) is 2.86. The zero-order chi connectivity index (χ0) is 12.1. The van der Waals surface area contributed by atoms with Crippen molar-refractivity contribution in [2.24, 2.45) is 0 Å². The lowest BCUT2D eigenvalue weighted by Gasteiger charge is -2.04. The van der Waals surface area contributed by atoms with Crippen LogP contribution in [-0.2, 0) is 0 Å². The van der Waals surface area contributed by atoms with Crippen LogP contribution in [0.25, 0.3) is 10.4 Å². The SMILES string of the molecule is CCCOc1ccc(-c2ccc(NC)s2)cc1. The Morgan fingerprint density at radius 3 is 2.47 bits per heavy atom. The number of rotatable bonds is 5. The normalized spacial score (nSPS) is 10.2. The van der Waals surface area contributed by atoms with Crippen LogP contribution in [0.4, 0.5) is 5.00 Å². The van der Waals surface area contributed by atoms with Crippen molar-refractivity contribution in [2.45, 2.75) is 13.3 Å². The molecule has 1 N–H and O–H groups in total. The summed E-state index contributed by atoms with van der Waals surface area (Å²) in [5.41, 5.74) is 1.24. The fourth-order valence-corrected chi connectivity index (χ4v) is 2.43. The van der Waals surface area contributed by atoms with E-state index in [9.17, 15) is 0 Å². The molecule has 2 aromatic rings. The van der Waals surface area contributed by atoms with Crippen LogP contribution in [0.15, 0.2) is 36.4 Å². The predicted molar refractivity (Wildman–Crippen MR) is 75.1 cm³/mol. The minimum atomic E-state index is 0.780. The van der Waals surface area contributed by atoms with Crippen LogP contribution in [0.3, 0.4) is 0 Å². The Morgan fingerprint density at radius 2 is 1.88 bits per heavy atom. The number of nitrogens with one attached hydrogen (secondary N) is 1. The molecule has 0 aliphatic carbocycles. The fourth-order valence-electron chi connectivity index (χ4n) is 1.56. The fraction of sp³-hybridized carbons (Fsp3) is 0.286. The highest BCUT2D eigenvalue weighted by atomic mass is 32.1. The maximum atomic E-state index is 5.56. The van der Waals surface area contributed by atoms with E-state index in [-0.39, 0.29) is 0 Å². The van der Waals surface area contributed by atoms with Crippen LogP contribution in [-0.4, -0.2) is 13.7 Å². The number of hydrogen-bond donors (Lipinski definition) is 1. The van der Waals surface area contributed by atoms with E-state index < -0.39 is 0 Å². The summed E-state index contributed by atoms with van der Waals surface area (Å²) >= 11 is 1.76. The molecule has 1 aromatic heterocycles. The third-order valence-electron chi connectivity index (χ3n) is 2.46. The monoisotopic (exact) mass is 247 g/mol. The lowest BCUT2D eigenvalue weighted by Crippen LogP contribution is -1.94. The Balaban J connectivity index is 2.11. The summed E-state index contributed by atoms with van der Waals surface area (Å²) in [4.78, 5) is 1.27. The second-order valence-electron chi connectivity index (χ2n) is 3.79. The van der Waals surface area contributed by atoms with Gasteiger partial charge in [0.25, 0.3) is 0 Å². The highest BCUT2D eigenvalue weighted by molar-refractivity contribution is 7.19. The maximum absolute atomic E-state index is 5.56. The van der Waals surface area contributed by atoms with Gasteiger partial charge in [0, 0.05) is 11.9 Å². The Kier molecular flexibility index (Phi) is 4.04. The Labute approximate surface area is 106 Å². The Hall–Kier alpha value is -1.48. The summed E-state index contributed by atoms with van der Waals surface area (Å²) in [5.74, 6) is 0.945. The molecule has 0 saturated heterocycles. The summed E-state index contributed by atoms with van der Waals surface area (Å²) in [5, 5.41) is 4.34. The van der Waals surface area contributed by atoms with Crippen LogP contribution in [0.1, 0.15) is 13.3 Å². The van der Waals surface area contributed by atoms with Crippen molar-refractivity contribution < 1.29 is 4.74 Å². The minimum Gasteiger partial charge on any atom is -0.494 e. The molecule has 0 aliphatic heterocycles. The molecular weight excluding hydrogens is 230 g/mol. The smallest absolute Gasteiger partial charge is 0.119 e. The van der Waals surface area contributed by atoms with E-state index in [0.717, 1.165) is 18.8 Å². The van der Waals surface area contributed by atoms with Crippen molar-refractivity contribution in [3.63, 3.8) is 0 Å². The van der Waals surface area contributed by atoms with Crippen LogP contribution in [0, 0.1) is 0 Å². The number of thiophene rings is 1. The first-order valence-corrected chi connectivity index (χ1v) is 6.66. The second-order valence-corrected chi connectivity index (χ2v) is 4.87. The van der Waals surface area contributed by atoms with Crippen LogP contribution in [0.2, 0.25) is 0 Å². The molecule has 1 aromatic carbocycles. The molecule has 0 atom stereocenters. The minimum absolute atomic E-state index is 0.780. The maximum Gasteiger partial charge on any atom is 0.119 e. The van der Waals surface area contributed by atoms with Gasteiger partial charge >= 0.3 is 0 Å². The molecule has 0 aliphatic rings. The number of anilines is 1. The first kappa shape index (κ1) is 12.0. The summed E-state index contributed by atoms with van der Waals surface area (Å²) < 4.78 is 5.56. The van der Waals surface area contributed by atoms with Crippen molar-refractivity contribution in [3.8, 4) is 16.2 Å². The molecule has 0 unspecified atom stereocenters. The Morgan fingerprint density at radius 1 is 1.12 bits per heavy atom. The van der Waals surface area contributed by atoms with Crippen molar-refractivity contribution in [1.82, 2.24) is 0 Å². The quantitative estimate of drug-likeness (QED) is 0.853. The number of hydrogen-bond acceptors (Lipinski definition) is 3. The van der Waals surface area contributed by atoms with Crippen molar-refractivity contribution in [2.75, 3.05) is 19.0 Å². The van der Waals surface area contributed by atoms with Gasteiger partial charge in [-0.2, -0.15) is 0 Å². The van der Waals surface area contributed by atoms with Crippen molar-refractivity contribution in [1.29, 1.82) is 0 Å². The zero-order valence-corrected chi connectivity index (χ0v) is 11.0. The first-order chi connectivity index (χ1) is 8.33.